The van der Waals surface area contributed by atoms with Gasteiger partial charge in [0.1, 0.15) is 0 Å². The maximum absolute atomic E-state index is 14.6. The van der Waals surface area contributed by atoms with Crippen LogP contribution in [0.25, 0.3) is 11.3 Å². The Morgan fingerprint density at radius 3 is 2.64 bits per heavy atom. The highest BCUT2D eigenvalue weighted by atomic mass is 19.1. The van der Waals surface area contributed by atoms with Gasteiger partial charge in [-0.3, -0.25) is 4.68 Å². The molecule has 0 radical (unpaired) electrons. The standard InChI is InChI=1S/C17H20FN3O/c1-11-10-19-21(13-6-8-22-9-7-13)16(11)14-4-5-15(12-2-3-12)20-17(14)18/h4-5,10,12-13H,2-3,6-9H2,1H3. The maximum Gasteiger partial charge on any atom is 0.222 e. The third-order valence-corrected chi connectivity index (χ3v) is 4.64. The van der Waals surface area contributed by atoms with Gasteiger partial charge in [0.2, 0.25) is 5.95 Å². The quantitative estimate of drug-likeness (QED) is 0.813. The molecule has 0 atom stereocenters. The Hall–Kier alpha value is -1.75. The Balaban J connectivity index is 1.73. The first kappa shape index (κ1) is 13.9. The number of aryl methyl sites for hydroxylation is 1. The molecule has 4 rings (SSSR count). The van der Waals surface area contributed by atoms with Crippen molar-refractivity contribution in [1.82, 2.24) is 14.8 Å². The van der Waals surface area contributed by atoms with Crippen LogP contribution in [0.3, 0.4) is 0 Å². The van der Waals surface area contributed by atoms with Crippen molar-refractivity contribution in [3.05, 3.63) is 35.5 Å². The van der Waals surface area contributed by atoms with Gasteiger partial charge in [-0.15, -0.1) is 0 Å². The Morgan fingerprint density at radius 2 is 1.95 bits per heavy atom. The van der Waals surface area contributed by atoms with Gasteiger partial charge in [-0.25, -0.2) is 4.98 Å². The molecule has 2 aromatic rings. The van der Waals surface area contributed by atoms with Crippen molar-refractivity contribution >= 4 is 0 Å². The molecule has 3 heterocycles. The number of hydrogen-bond donors (Lipinski definition) is 0. The summed E-state index contributed by atoms with van der Waals surface area (Å²) in [5, 5.41) is 4.49. The smallest absolute Gasteiger partial charge is 0.222 e. The molecule has 0 aromatic carbocycles. The Labute approximate surface area is 129 Å². The minimum Gasteiger partial charge on any atom is -0.381 e. The van der Waals surface area contributed by atoms with E-state index in [1.807, 2.05) is 29.9 Å². The molecule has 2 aromatic heterocycles. The Kier molecular flexibility index (Phi) is 3.45. The van der Waals surface area contributed by atoms with Crippen molar-refractivity contribution in [2.75, 3.05) is 13.2 Å². The first-order valence-electron chi connectivity index (χ1n) is 8.02. The molecule has 1 aliphatic carbocycles. The number of rotatable bonds is 3. The van der Waals surface area contributed by atoms with E-state index in [2.05, 4.69) is 10.1 Å². The van der Waals surface area contributed by atoms with Crippen LogP contribution in [0.15, 0.2) is 18.3 Å². The number of nitrogens with zero attached hydrogens (tertiary/aromatic N) is 3. The topological polar surface area (TPSA) is 39.9 Å². The summed E-state index contributed by atoms with van der Waals surface area (Å²) >= 11 is 0. The van der Waals surface area contributed by atoms with Gasteiger partial charge in [0.05, 0.1) is 23.5 Å². The fourth-order valence-corrected chi connectivity index (χ4v) is 3.22. The Morgan fingerprint density at radius 1 is 1.18 bits per heavy atom. The van der Waals surface area contributed by atoms with Gasteiger partial charge in [0.15, 0.2) is 0 Å². The summed E-state index contributed by atoms with van der Waals surface area (Å²) in [6.07, 6.45) is 5.92. The average molecular weight is 301 g/mol. The maximum atomic E-state index is 14.6. The van der Waals surface area contributed by atoms with Gasteiger partial charge >= 0.3 is 0 Å². The average Bonchev–Trinajstić information content (AvgIpc) is 3.32. The van der Waals surface area contributed by atoms with E-state index in [9.17, 15) is 4.39 Å². The predicted octanol–water partition coefficient (Wildman–Crippen LogP) is 3.62. The number of hydrogen-bond acceptors (Lipinski definition) is 3. The molecule has 116 valence electrons. The molecular weight excluding hydrogens is 281 g/mol. The van der Waals surface area contributed by atoms with Crippen LogP contribution in [0.5, 0.6) is 0 Å². The van der Waals surface area contributed by atoms with Crippen LogP contribution >= 0.6 is 0 Å². The van der Waals surface area contributed by atoms with E-state index < -0.39 is 0 Å². The fraction of sp³-hybridized carbons (Fsp3) is 0.529. The van der Waals surface area contributed by atoms with Crippen molar-refractivity contribution < 1.29 is 9.13 Å². The van der Waals surface area contributed by atoms with Crippen molar-refractivity contribution in [2.24, 2.45) is 0 Å². The van der Waals surface area contributed by atoms with Crippen LogP contribution in [-0.2, 0) is 4.74 Å². The van der Waals surface area contributed by atoms with Gasteiger partial charge in [-0.05, 0) is 50.3 Å². The van der Waals surface area contributed by atoms with Crippen LogP contribution in [0.4, 0.5) is 4.39 Å². The van der Waals surface area contributed by atoms with E-state index in [1.165, 1.54) is 0 Å². The number of pyridine rings is 1. The predicted molar refractivity (Wildman–Crippen MR) is 81.2 cm³/mol. The van der Waals surface area contributed by atoms with Crippen molar-refractivity contribution in [2.45, 2.75) is 44.6 Å². The molecular formula is C17H20FN3O. The van der Waals surface area contributed by atoms with Crippen LogP contribution in [0.1, 0.15) is 48.9 Å². The van der Waals surface area contributed by atoms with Gasteiger partial charge < -0.3 is 4.74 Å². The molecule has 0 bridgehead atoms. The van der Waals surface area contributed by atoms with E-state index in [-0.39, 0.29) is 12.0 Å². The first-order valence-corrected chi connectivity index (χ1v) is 8.02. The fourth-order valence-electron chi connectivity index (χ4n) is 3.22. The molecule has 1 aliphatic heterocycles. The van der Waals surface area contributed by atoms with Gasteiger partial charge in [0.25, 0.3) is 0 Å². The summed E-state index contributed by atoms with van der Waals surface area (Å²) < 4.78 is 21.9. The molecule has 2 fully saturated rings. The second-order valence-electron chi connectivity index (χ2n) is 6.31. The molecule has 0 spiro atoms. The van der Waals surface area contributed by atoms with Crippen LogP contribution in [0, 0.1) is 12.9 Å². The largest absolute Gasteiger partial charge is 0.381 e. The molecule has 0 amide bonds. The number of halogens is 1. The van der Waals surface area contributed by atoms with E-state index in [0.717, 1.165) is 55.8 Å². The van der Waals surface area contributed by atoms with Crippen molar-refractivity contribution in [3.63, 3.8) is 0 Å². The molecule has 2 aliphatic rings. The summed E-state index contributed by atoms with van der Waals surface area (Å²) in [4.78, 5) is 4.19. The summed E-state index contributed by atoms with van der Waals surface area (Å²) in [6, 6.07) is 4.12. The van der Waals surface area contributed by atoms with E-state index in [4.69, 9.17) is 4.74 Å². The zero-order valence-corrected chi connectivity index (χ0v) is 12.8. The third kappa shape index (κ3) is 2.43. The number of aromatic nitrogens is 3. The second kappa shape index (κ2) is 5.47. The van der Waals surface area contributed by atoms with Gasteiger partial charge in [-0.1, -0.05) is 0 Å². The Bertz CT molecular complexity index is 687. The second-order valence-corrected chi connectivity index (χ2v) is 6.31. The minimum absolute atomic E-state index is 0.278. The SMILES string of the molecule is Cc1cnn(C2CCOCC2)c1-c1ccc(C2CC2)nc1F. The molecule has 22 heavy (non-hydrogen) atoms. The summed E-state index contributed by atoms with van der Waals surface area (Å²) in [6.45, 7) is 3.46. The van der Waals surface area contributed by atoms with Crippen molar-refractivity contribution in [3.8, 4) is 11.3 Å². The molecule has 1 saturated carbocycles. The summed E-state index contributed by atoms with van der Waals surface area (Å²) in [7, 11) is 0. The highest BCUT2D eigenvalue weighted by molar-refractivity contribution is 5.63. The summed E-state index contributed by atoms with van der Waals surface area (Å²) in [5.41, 5.74) is 3.30. The molecule has 5 heteroatoms. The lowest BCUT2D eigenvalue weighted by molar-refractivity contribution is 0.0667. The van der Waals surface area contributed by atoms with Gasteiger partial charge in [0, 0.05) is 24.8 Å². The van der Waals surface area contributed by atoms with E-state index in [0.29, 0.717) is 11.5 Å². The van der Waals surface area contributed by atoms with Crippen LogP contribution in [0.2, 0.25) is 0 Å². The lowest BCUT2D eigenvalue weighted by Gasteiger charge is -2.24. The van der Waals surface area contributed by atoms with Gasteiger partial charge in [-0.2, -0.15) is 9.49 Å². The molecule has 4 nitrogen and oxygen atoms in total. The third-order valence-electron chi connectivity index (χ3n) is 4.64. The monoisotopic (exact) mass is 301 g/mol. The number of ether oxygens (including phenoxy) is 1. The highest BCUT2D eigenvalue weighted by Crippen LogP contribution is 2.40. The first-order chi connectivity index (χ1) is 10.7. The lowest BCUT2D eigenvalue weighted by atomic mass is 10.1. The summed E-state index contributed by atoms with van der Waals surface area (Å²) in [5.74, 6) is 0.0892. The lowest BCUT2D eigenvalue weighted by Crippen LogP contribution is -2.21. The zero-order chi connectivity index (χ0) is 15.1. The van der Waals surface area contributed by atoms with E-state index in [1.54, 1.807) is 0 Å². The van der Waals surface area contributed by atoms with Crippen LogP contribution < -0.4 is 0 Å². The normalized spacial score (nSPS) is 19.5. The van der Waals surface area contributed by atoms with Crippen molar-refractivity contribution in [1.29, 1.82) is 0 Å². The molecule has 0 N–H and O–H groups in total. The van der Waals surface area contributed by atoms with Crippen LogP contribution in [-0.4, -0.2) is 28.0 Å². The zero-order valence-electron chi connectivity index (χ0n) is 12.8. The molecule has 0 unspecified atom stereocenters. The highest BCUT2D eigenvalue weighted by Gasteiger charge is 2.27. The minimum atomic E-state index is -0.374. The van der Waals surface area contributed by atoms with E-state index >= 15 is 0 Å². The molecule has 1 saturated heterocycles.